The topological polar surface area (TPSA) is 33.0 Å². The Balaban J connectivity index is 4.38. The lowest BCUT2D eigenvalue weighted by atomic mass is 10.2. The Bertz CT molecular complexity index is 262. The molecule has 0 amide bonds. The summed E-state index contributed by atoms with van der Waals surface area (Å²) in [5.41, 5.74) is 2.19. The van der Waals surface area contributed by atoms with E-state index in [1.54, 1.807) is 6.26 Å². The summed E-state index contributed by atoms with van der Waals surface area (Å²) in [5, 5.41) is 8.24. The van der Waals surface area contributed by atoms with Gasteiger partial charge in [0.1, 0.15) is 6.61 Å². The van der Waals surface area contributed by atoms with E-state index in [1.807, 2.05) is 45.1 Å². The zero-order chi connectivity index (χ0) is 10.1. The lowest BCUT2D eigenvalue weighted by Gasteiger charge is -1.98. The molecule has 0 saturated carbocycles. The molecule has 0 N–H and O–H groups in total. The molecule has 0 radical (unpaired) electrons. The second kappa shape index (κ2) is 7.17. The minimum Gasteiger partial charge on any atom is -0.423 e. The number of nitrogens with zero attached hydrogens (tertiary/aromatic N) is 1. The van der Waals surface area contributed by atoms with Gasteiger partial charge < -0.3 is 4.74 Å². The highest BCUT2D eigenvalue weighted by Crippen LogP contribution is 2.03. The molecule has 0 aromatic carbocycles. The number of hydrogen-bond acceptors (Lipinski definition) is 2. The van der Waals surface area contributed by atoms with Crippen LogP contribution in [0.15, 0.2) is 35.5 Å². The molecular formula is C11H15NO. The van der Waals surface area contributed by atoms with Crippen LogP contribution in [0.2, 0.25) is 0 Å². The van der Waals surface area contributed by atoms with Gasteiger partial charge in [0.25, 0.3) is 6.26 Å². The predicted molar refractivity (Wildman–Crippen MR) is 53.9 cm³/mol. The van der Waals surface area contributed by atoms with E-state index in [0.29, 0.717) is 6.61 Å². The van der Waals surface area contributed by atoms with Crippen LogP contribution in [0.3, 0.4) is 0 Å². The van der Waals surface area contributed by atoms with E-state index >= 15 is 0 Å². The number of allylic oxidation sites excluding steroid dienone is 4. The number of hydrogen-bond donors (Lipinski definition) is 0. The van der Waals surface area contributed by atoms with Gasteiger partial charge in [-0.2, -0.15) is 5.26 Å². The van der Waals surface area contributed by atoms with Crippen molar-refractivity contribution >= 4 is 0 Å². The van der Waals surface area contributed by atoms with E-state index in [0.717, 1.165) is 5.57 Å². The van der Waals surface area contributed by atoms with Crippen molar-refractivity contribution in [2.24, 2.45) is 0 Å². The van der Waals surface area contributed by atoms with Gasteiger partial charge in [0.05, 0.1) is 0 Å². The molecule has 0 aliphatic heterocycles. The smallest absolute Gasteiger partial charge is 0.286 e. The van der Waals surface area contributed by atoms with Gasteiger partial charge >= 0.3 is 0 Å². The predicted octanol–water partition coefficient (Wildman–Crippen LogP) is 2.95. The second-order valence-corrected chi connectivity index (χ2v) is 2.87. The maximum atomic E-state index is 8.24. The van der Waals surface area contributed by atoms with Crippen LogP contribution in [0.25, 0.3) is 0 Å². The van der Waals surface area contributed by atoms with Gasteiger partial charge in [-0.15, -0.1) is 0 Å². The Hall–Kier alpha value is -1.49. The highest BCUT2D eigenvalue weighted by atomic mass is 16.5. The van der Waals surface area contributed by atoms with Crippen molar-refractivity contribution in [1.29, 1.82) is 5.26 Å². The van der Waals surface area contributed by atoms with Crippen molar-refractivity contribution in [3.63, 3.8) is 0 Å². The summed E-state index contributed by atoms with van der Waals surface area (Å²) in [6.07, 6.45) is 9.45. The first-order valence-corrected chi connectivity index (χ1v) is 4.18. The van der Waals surface area contributed by atoms with Crippen LogP contribution in [0.4, 0.5) is 0 Å². The average molecular weight is 177 g/mol. The van der Waals surface area contributed by atoms with Gasteiger partial charge in [-0.25, -0.2) is 0 Å². The molecule has 0 bridgehead atoms. The standard InChI is InChI=1S/C11H15NO/c1-4-5-6-11(7-10(2)3)8-13-9-12/h4-7H,8H2,1-3H3/b5-4+,11-6+. The van der Waals surface area contributed by atoms with Crippen molar-refractivity contribution < 1.29 is 4.74 Å². The molecule has 2 nitrogen and oxygen atoms in total. The summed E-state index contributed by atoms with van der Waals surface area (Å²) in [6.45, 7) is 6.31. The number of rotatable bonds is 4. The molecule has 0 heterocycles. The molecule has 0 spiro atoms. The van der Waals surface area contributed by atoms with E-state index in [-0.39, 0.29) is 0 Å². The van der Waals surface area contributed by atoms with Crippen LogP contribution in [-0.4, -0.2) is 6.61 Å². The molecule has 0 aromatic rings. The number of ether oxygens (including phenoxy) is 1. The van der Waals surface area contributed by atoms with Crippen LogP contribution in [0, 0.1) is 11.5 Å². The zero-order valence-corrected chi connectivity index (χ0v) is 8.37. The fourth-order valence-corrected chi connectivity index (χ4v) is 0.844. The number of nitriles is 1. The SMILES string of the molecule is C/C=C/C=C(\C=C(C)C)COC#N. The average Bonchev–Trinajstić information content (AvgIpc) is 2.09. The molecule has 0 aliphatic carbocycles. The minimum absolute atomic E-state index is 0.339. The molecule has 0 aliphatic rings. The third-order valence-corrected chi connectivity index (χ3v) is 1.28. The maximum Gasteiger partial charge on any atom is 0.286 e. The van der Waals surface area contributed by atoms with Gasteiger partial charge in [0, 0.05) is 0 Å². The monoisotopic (exact) mass is 177 g/mol. The summed E-state index contributed by atoms with van der Waals surface area (Å²) in [5.74, 6) is 0. The lowest BCUT2D eigenvalue weighted by Crippen LogP contribution is -1.90. The van der Waals surface area contributed by atoms with Crippen LogP contribution in [0.1, 0.15) is 20.8 Å². The largest absolute Gasteiger partial charge is 0.423 e. The third kappa shape index (κ3) is 6.89. The van der Waals surface area contributed by atoms with Gasteiger partial charge in [-0.3, -0.25) is 0 Å². The van der Waals surface area contributed by atoms with Gasteiger partial charge in [0.2, 0.25) is 0 Å². The first-order chi connectivity index (χ1) is 6.20. The molecule has 2 heteroatoms. The molecule has 0 atom stereocenters. The molecule has 0 saturated heterocycles. The van der Waals surface area contributed by atoms with Crippen molar-refractivity contribution in [2.45, 2.75) is 20.8 Å². The second-order valence-electron chi connectivity index (χ2n) is 2.87. The van der Waals surface area contributed by atoms with Crippen molar-refractivity contribution in [1.82, 2.24) is 0 Å². The Morgan fingerprint density at radius 3 is 2.62 bits per heavy atom. The lowest BCUT2D eigenvalue weighted by molar-refractivity contribution is 0.305. The van der Waals surface area contributed by atoms with E-state index in [1.165, 1.54) is 5.57 Å². The van der Waals surface area contributed by atoms with Crippen LogP contribution in [0.5, 0.6) is 0 Å². The summed E-state index contributed by atoms with van der Waals surface area (Å²) in [6, 6.07) is 0. The normalized spacial score (nSPS) is 11.1. The Labute approximate surface area is 79.8 Å². The van der Waals surface area contributed by atoms with Gasteiger partial charge in [0.15, 0.2) is 0 Å². The first-order valence-electron chi connectivity index (χ1n) is 4.18. The molecule has 70 valence electrons. The summed E-state index contributed by atoms with van der Waals surface area (Å²) in [4.78, 5) is 0. The van der Waals surface area contributed by atoms with Crippen molar-refractivity contribution in [3.05, 3.63) is 35.5 Å². The van der Waals surface area contributed by atoms with Crippen LogP contribution >= 0.6 is 0 Å². The minimum atomic E-state index is 0.339. The van der Waals surface area contributed by atoms with E-state index in [4.69, 9.17) is 5.26 Å². The highest BCUT2D eigenvalue weighted by Gasteiger charge is 1.91. The molecule has 0 rings (SSSR count). The first kappa shape index (κ1) is 11.5. The van der Waals surface area contributed by atoms with Crippen molar-refractivity contribution in [3.8, 4) is 6.26 Å². The molecule has 0 aromatic heterocycles. The molecule has 13 heavy (non-hydrogen) atoms. The van der Waals surface area contributed by atoms with Crippen LogP contribution < -0.4 is 0 Å². The fraction of sp³-hybridized carbons (Fsp3) is 0.364. The Morgan fingerprint density at radius 1 is 1.46 bits per heavy atom. The molecule has 0 unspecified atom stereocenters. The summed E-state index contributed by atoms with van der Waals surface area (Å²) >= 11 is 0. The van der Waals surface area contributed by atoms with E-state index in [2.05, 4.69) is 4.74 Å². The van der Waals surface area contributed by atoms with Gasteiger partial charge in [-0.05, 0) is 26.3 Å². The van der Waals surface area contributed by atoms with E-state index in [9.17, 15) is 0 Å². The molecular weight excluding hydrogens is 162 g/mol. The quantitative estimate of drug-likeness (QED) is 0.488. The van der Waals surface area contributed by atoms with Gasteiger partial charge in [-0.1, -0.05) is 29.9 Å². The van der Waals surface area contributed by atoms with Crippen molar-refractivity contribution in [2.75, 3.05) is 6.61 Å². The van der Waals surface area contributed by atoms with Crippen LogP contribution in [-0.2, 0) is 4.74 Å². The summed E-state index contributed by atoms with van der Waals surface area (Å²) in [7, 11) is 0. The maximum absolute atomic E-state index is 8.24. The Kier molecular flexibility index (Phi) is 6.35. The zero-order valence-electron chi connectivity index (χ0n) is 8.37. The van der Waals surface area contributed by atoms with E-state index < -0.39 is 0 Å². The highest BCUT2D eigenvalue weighted by molar-refractivity contribution is 5.26. The summed E-state index contributed by atoms with van der Waals surface area (Å²) < 4.78 is 4.65. The third-order valence-electron chi connectivity index (χ3n) is 1.28. The molecule has 0 fully saturated rings. The Morgan fingerprint density at radius 2 is 2.15 bits per heavy atom. The fourth-order valence-electron chi connectivity index (χ4n) is 0.844.